The molecule has 0 radical (unpaired) electrons. The average molecular weight is 303 g/mol. The Morgan fingerprint density at radius 2 is 1.62 bits per heavy atom. The van der Waals surface area contributed by atoms with Crippen LogP contribution in [-0.2, 0) is 16.3 Å². The van der Waals surface area contributed by atoms with E-state index in [-0.39, 0.29) is 11.8 Å². The summed E-state index contributed by atoms with van der Waals surface area (Å²) in [7, 11) is -3.21. The van der Waals surface area contributed by atoms with Crippen molar-refractivity contribution in [3.05, 3.63) is 60.2 Å². The lowest BCUT2D eigenvalue weighted by Crippen LogP contribution is -2.20. The average Bonchev–Trinajstić information content (AvgIpc) is 2.48. The van der Waals surface area contributed by atoms with Crippen LogP contribution in [0, 0.1) is 0 Å². The first-order valence-corrected chi connectivity index (χ1v) is 8.80. The van der Waals surface area contributed by atoms with Gasteiger partial charge in [0.1, 0.15) is 0 Å². The molecule has 0 aliphatic heterocycles. The lowest BCUT2D eigenvalue weighted by molar-refractivity contribution is 0.597. The monoisotopic (exact) mass is 303 g/mol. The van der Waals surface area contributed by atoms with Crippen molar-refractivity contribution in [1.82, 2.24) is 0 Å². The zero-order chi connectivity index (χ0) is 15.3. The second-order valence-electron chi connectivity index (χ2n) is 5.13. The minimum Gasteiger partial charge on any atom is -0.381 e. The molecule has 1 unspecified atom stereocenters. The van der Waals surface area contributed by atoms with Gasteiger partial charge in [-0.05, 0) is 31.0 Å². The van der Waals surface area contributed by atoms with Gasteiger partial charge in [-0.1, -0.05) is 49.4 Å². The van der Waals surface area contributed by atoms with E-state index in [0.717, 1.165) is 6.42 Å². The molecule has 0 bridgehead atoms. The van der Waals surface area contributed by atoms with Crippen molar-refractivity contribution in [1.29, 1.82) is 0 Å². The molecule has 0 fully saturated rings. The highest BCUT2D eigenvalue weighted by Gasteiger charge is 2.17. The van der Waals surface area contributed by atoms with Crippen molar-refractivity contribution in [2.45, 2.75) is 31.2 Å². The van der Waals surface area contributed by atoms with Crippen LogP contribution in [0.5, 0.6) is 0 Å². The van der Waals surface area contributed by atoms with Gasteiger partial charge in [-0.3, -0.25) is 0 Å². The third kappa shape index (κ3) is 4.08. The highest BCUT2D eigenvalue weighted by atomic mass is 32.2. The van der Waals surface area contributed by atoms with E-state index in [0.29, 0.717) is 10.6 Å². The summed E-state index contributed by atoms with van der Waals surface area (Å²) in [5.41, 5.74) is 1.91. The smallest absolute Gasteiger partial charge is 0.180 e. The lowest BCUT2D eigenvalue weighted by atomic mass is 10.1. The Labute approximate surface area is 126 Å². The SMILES string of the molecule is CCS(=O)(=O)c1ccccc1NC(C)Cc1ccccc1. The molecule has 3 nitrogen and oxygen atoms in total. The number of rotatable bonds is 6. The maximum Gasteiger partial charge on any atom is 0.180 e. The summed E-state index contributed by atoms with van der Waals surface area (Å²) in [6.07, 6.45) is 0.849. The fraction of sp³-hybridized carbons (Fsp3) is 0.294. The summed E-state index contributed by atoms with van der Waals surface area (Å²) in [6, 6.07) is 17.4. The van der Waals surface area contributed by atoms with E-state index in [1.807, 2.05) is 30.3 Å². The van der Waals surface area contributed by atoms with Crippen LogP contribution in [-0.4, -0.2) is 20.2 Å². The minimum atomic E-state index is -3.21. The number of hydrogen-bond donors (Lipinski definition) is 1. The highest BCUT2D eigenvalue weighted by molar-refractivity contribution is 7.91. The standard InChI is InChI=1S/C17H21NO2S/c1-3-21(19,20)17-12-8-7-11-16(17)18-14(2)13-15-9-5-4-6-10-15/h4-12,14,18H,3,13H2,1-2H3. The number of anilines is 1. The zero-order valence-electron chi connectivity index (χ0n) is 12.4. The van der Waals surface area contributed by atoms with Crippen LogP contribution in [0.3, 0.4) is 0 Å². The summed E-state index contributed by atoms with van der Waals surface area (Å²) in [5.74, 6) is 0.110. The zero-order valence-corrected chi connectivity index (χ0v) is 13.2. The summed E-state index contributed by atoms with van der Waals surface area (Å²) in [5, 5.41) is 3.32. The molecular weight excluding hydrogens is 282 g/mol. The molecular formula is C17H21NO2S. The van der Waals surface area contributed by atoms with Crippen LogP contribution in [0.25, 0.3) is 0 Å². The van der Waals surface area contributed by atoms with Gasteiger partial charge in [0.2, 0.25) is 0 Å². The molecule has 0 saturated carbocycles. The first-order chi connectivity index (χ1) is 10.0. The van der Waals surface area contributed by atoms with Crippen LogP contribution in [0.15, 0.2) is 59.5 Å². The van der Waals surface area contributed by atoms with Crippen LogP contribution in [0.1, 0.15) is 19.4 Å². The fourth-order valence-electron chi connectivity index (χ4n) is 2.30. The first-order valence-electron chi connectivity index (χ1n) is 7.15. The molecule has 0 aliphatic rings. The molecule has 0 spiro atoms. The molecule has 2 aromatic rings. The fourth-order valence-corrected chi connectivity index (χ4v) is 3.36. The summed E-state index contributed by atoms with van der Waals surface area (Å²) >= 11 is 0. The second kappa shape index (κ2) is 6.76. The van der Waals surface area contributed by atoms with Gasteiger partial charge in [0.05, 0.1) is 16.3 Å². The molecule has 112 valence electrons. The van der Waals surface area contributed by atoms with E-state index in [1.54, 1.807) is 19.1 Å². The summed E-state index contributed by atoms with van der Waals surface area (Å²) in [4.78, 5) is 0.382. The molecule has 21 heavy (non-hydrogen) atoms. The van der Waals surface area contributed by atoms with Crippen molar-refractivity contribution < 1.29 is 8.42 Å². The molecule has 2 aromatic carbocycles. The van der Waals surface area contributed by atoms with Crippen molar-refractivity contribution in [2.75, 3.05) is 11.1 Å². The van der Waals surface area contributed by atoms with Gasteiger partial charge >= 0.3 is 0 Å². The van der Waals surface area contributed by atoms with E-state index in [1.165, 1.54) is 5.56 Å². The van der Waals surface area contributed by atoms with Gasteiger partial charge in [-0.25, -0.2) is 8.42 Å². The molecule has 1 atom stereocenters. The van der Waals surface area contributed by atoms with Gasteiger partial charge in [-0.2, -0.15) is 0 Å². The quantitative estimate of drug-likeness (QED) is 0.888. The minimum absolute atomic E-state index is 0.110. The number of nitrogens with one attached hydrogen (secondary N) is 1. The molecule has 0 aromatic heterocycles. The van der Waals surface area contributed by atoms with Crippen molar-refractivity contribution in [3.8, 4) is 0 Å². The van der Waals surface area contributed by atoms with Crippen LogP contribution >= 0.6 is 0 Å². The third-order valence-corrected chi connectivity index (χ3v) is 5.17. The number of hydrogen-bond acceptors (Lipinski definition) is 3. The molecule has 2 rings (SSSR count). The Morgan fingerprint density at radius 3 is 2.29 bits per heavy atom. The third-order valence-electron chi connectivity index (χ3n) is 3.39. The lowest BCUT2D eigenvalue weighted by Gasteiger charge is -2.18. The summed E-state index contributed by atoms with van der Waals surface area (Å²) in [6.45, 7) is 3.72. The molecule has 0 amide bonds. The van der Waals surface area contributed by atoms with Gasteiger partial charge < -0.3 is 5.32 Å². The predicted octanol–water partition coefficient (Wildman–Crippen LogP) is 3.52. The molecule has 1 N–H and O–H groups in total. The van der Waals surface area contributed by atoms with Gasteiger partial charge in [0.15, 0.2) is 9.84 Å². The van der Waals surface area contributed by atoms with E-state index in [4.69, 9.17) is 0 Å². The van der Waals surface area contributed by atoms with Crippen molar-refractivity contribution in [3.63, 3.8) is 0 Å². The normalized spacial score (nSPS) is 12.9. The Bertz CT molecular complexity index is 681. The maximum atomic E-state index is 12.1. The van der Waals surface area contributed by atoms with Crippen molar-refractivity contribution in [2.24, 2.45) is 0 Å². The Hall–Kier alpha value is -1.81. The van der Waals surface area contributed by atoms with E-state index < -0.39 is 9.84 Å². The Kier molecular flexibility index (Phi) is 5.02. The molecule has 0 aliphatic carbocycles. The maximum absolute atomic E-state index is 12.1. The largest absolute Gasteiger partial charge is 0.381 e. The number of sulfone groups is 1. The number of para-hydroxylation sites is 1. The van der Waals surface area contributed by atoms with E-state index in [2.05, 4.69) is 24.4 Å². The number of benzene rings is 2. The Balaban J connectivity index is 2.17. The molecule has 0 saturated heterocycles. The van der Waals surface area contributed by atoms with E-state index in [9.17, 15) is 8.42 Å². The van der Waals surface area contributed by atoms with Gasteiger partial charge in [-0.15, -0.1) is 0 Å². The van der Waals surface area contributed by atoms with Crippen LogP contribution < -0.4 is 5.32 Å². The Morgan fingerprint density at radius 1 is 1.00 bits per heavy atom. The van der Waals surface area contributed by atoms with Crippen LogP contribution in [0.4, 0.5) is 5.69 Å². The summed E-state index contributed by atoms with van der Waals surface area (Å²) < 4.78 is 24.2. The topological polar surface area (TPSA) is 46.2 Å². The van der Waals surface area contributed by atoms with Gasteiger partial charge in [0, 0.05) is 6.04 Å². The van der Waals surface area contributed by atoms with Crippen molar-refractivity contribution >= 4 is 15.5 Å². The second-order valence-corrected chi connectivity index (χ2v) is 7.38. The molecule has 0 heterocycles. The van der Waals surface area contributed by atoms with Gasteiger partial charge in [0.25, 0.3) is 0 Å². The molecule has 4 heteroatoms. The van der Waals surface area contributed by atoms with E-state index >= 15 is 0 Å². The van der Waals surface area contributed by atoms with Crippen LogP contribution in [0.2, 0.25) is 0 Å². The highest BCUT2D eigenvalue weighted by Crippen LogP contribution is 2.23. The predicted molar refractivity (Wildman–Crippen MR) is 87.4 cm³/mol. The first kappa shape index (κ1) is 15.6.